The Kier molecular flexibility index (Phi) is 3.47. The fourth-order valence-electron chi connectivity index (χ4n) is 2.43. The van der Waals surface area contributed by atoms with E-state index in [-0.39, 0.29) is 6.79 Å². The second-order valence-electron chi connectivity index (χ2n) is 5.22. The maximum absolute atomic E-state index is 5.37. The summed E-state index contributed by atoms with van der Waals surface area (Å²) in [6.07, 6.45) is 0. The lowest BCUT2D eigenvalue weighted by Gasteiger charge is -1.99. The minimum absolute atomic E-state index is 0.243. The molecule has 0 radical (unpaired) electrons. The lowest BCUT2D eigenvalue weighted by Crippen LogP contribution is -2.04. The van der Waals surface area contributed by atoms with E-state index in [9.17, 15) is 0 Å². The summed E-state index contributed by atoms with van der Waals surface area (Å²) in [5.41, 5.74) is 2.91. The number of hydrogen-bond acceptors (Lipinski definition) is 6. The fourth-order valence-corrected chi connectivity index (χ4v) is 2.82. The largest absolute Gasteiger partial charge is 0.454 e. The van der Waals surface area contributed by atoms with E-state index < -0.39 is 0 Å². The first-order valence-electron chi connectivity index (χ1n) is 7.04. The molecule has 0 amide bonds. The van der Waals surface area contributed by atoms with Crippen LogP contribution in [0, 0.1) is 17.4 Å². The monoisotopic (exact) mass is 424 g/mol. The van der Waals surface area contributed by atoms with E-state index in [1.807, 2.05) is 36.7 Å². The van der Waals surface area contributed by atoms with Gasteiger partial charge in [-0.3, -0.25) is 4.68 Å². The molecule has 2 aromatic heterocycles. The molecule has 0 bridgehead atoms. The maximum Gasteiger partial charge on any atom is 0.248 e. The zero-order valence-electron chi connectivity index (χ0n) is 12.5. The SMILES string of the molecule is Cc1nn(Cc2nc(-c3ccc4c(c3)OCO4)no2)c(C)c1I. The highest BCUT2D eigenvalue weighted by Crippen LogP contribution is 2.35. The summed E-state index contributed by atoms with van der Waals surface area (Å²) < 4.78 is 19.0. The molecule has 1 aliphatic heterocycles. The second kappa shape index (κ2) is 5.52. The molecule has 8 heteroatoms. The molecule has 3 heterocycles. The van der Waals surface area contributed by atoms with Crippen molar-refractivity contribution in [1.29, 1.82) is 0 Å². The first kappa shape index (κ1) is 14.5. The van der Waals surface area contributed by atoms with Gasteiger partial charge in [-0.2, -0.15) is 10.1 Å². The third kappa shape index (κ3) is 2.56. The van der Waals surface area contributed by atoms with Crippen LogP contribution in [0.3, 0.4) is 0 Å². The lowest BCUT2D eigenvalue weighted by atomic mass is 10.2. The first-order chi connectivity index (χ1) is 11.1. The molecule has 23 heavy (non-hydrogen) atoms. The van der Waals surface area contributed by atoms with Gasteiger partial charge in [0.1, 0.15) is 6.54 Å². The average molecular weight is 424 g/mol. The Balaban J connectivity index is 1.60. The standard InChI is InChI=1S/C15H13IN4O3/c1-8-14(16)9(2)20(18-8)6-13-17-15(19-23-13)10-3-4-11-12(5-10)22-7-21-11/h3-5H,6-7H2,1-2H3. The molecule has 0 saturated carbocycles. The summed E-state index contributed by atoms with van der Waals surface area (Å²) in [4.78, 5) is 4.44. The van der Waals surface area contributed by atoms with E-state index in [2.05, 4.69) is 37.8 Å². The van der Waals surface area contributed by atoms with Crippen molar-refractivity contribution < 1.29 is 14.0 Å². The number of halogens is 1. The molecule has 0 N–H and O–H groups in total. The van der Waals surface area contributed by atoms with Crippen LogP contribution in [0.5, 0.6) is 11.5 Å². The van der Waals surface area contributed by atoms with Crippen molar-refractivity contribution in [3.8, 4) is 22.9 Å². The van der Waals surface area contributed by atoms with Crippen LogP contribution < -0.4 is 9.47 Å². The van der Waals surface area contributed by atoms with Gasteiger partial charge in [-0.25, -0.2) is 0 Å². The number of ether oxygens (including phenoxy) is 2. The highest BCUT2D eigenvalue weighted by Gasteiger charge is 2.17. The van der Waals surface area contributed by atoms with Crippen molar-refractivity contribution >= 4 is 22.6 Å². The van der Waals surface area contributed by atoms with Crippen LogP contribution in [0.4, 0.5) is 0 Å². The van der Waals surface area contributed by atoms with Crippen LogP contribution >= 0.6 is 22.6 Å². The summed E-state index contributed by atoms with van der Waals surface area (Å²) in [7, 11) is 0. The number of fused-ring (bicyclic) bond motifs is 1. The van der Waals surface area contributed by atoms with Crippen LogP contribution in [0.15, 0.2) is 22.7 Å². The highest BCUT2D eigenvalue weighted by atomic mass is 127. The lowest BCUT2D eigenvalue weighted by molar-refractivity contribution is 0.174. The molecule has 118 valence electrons. The second-order valence-corrected chi connectivity index (χ2v) is 6.30. The van der Waals surface area contributed by atoms with Gasteiger partial charge in [-0.05, 0) is 54.6 Å². The number of hydrogen-bond donors (Lipinski definition) is 0. The van der Waals surface area contributed by atoms with E-state index in [1.165, 1.54) is 0 Å². The zero-order chi connectivity index (χ0) is 16.0. The van der Waals surface area contributed by atoms with Crippen molar-refractivity contribution in [2.75, 3.05) is 6.79 Å². The van der Waals surface area contributed by atoms with E-state index in [4.69, 9.17) is 14.0 Å². The third-order valence-electron chi connectivity index (χ3n) is 3.68. The van der Waals surface area contributed by atoms with Crippen molar-refractivity contribution in [3.63, 3.8) is 0 Å². The molecule has 0 unspecified atom stereocenters. The maximum atomic E-state index is 5.37. The number of nitrogens with zero attached hydrogens (tertiary/aromatic N) is 4. The molecule has 3 aromatic rings. The van der Waals surface area contributed by atoms with Crippen LogP contribution in [0.2, 0.25) is 0 Å². The zero-order valence-corrected chi connectivity index (χ0v) is 14.7. The minimum atomic E-state index is 0.243. The Morgan fingerprint density at radius 3 is 2.83 bits per heavy atom. The van der Waals surface area contributed by atoms with Crippen LogP contribution in [0.1, 0.15) is 17.3 Å². The van der Waals surface area contributed by atoms with Crippen LogP contribution in [0.25, 0.3) is 11.4 Å². The van der Waals surface area contributed by atoms with Gasteiger partial charge in [-0.1, -0.05) is 5.16 Å². The van der Waals surface area contributed by atoms with Gasteiger partial charge in [-0.15, -0.1) is 0 Å². The molecule has 4 rings (SSSR count). The van der Waals surface area contributed by atoms with Crippen LogP contribution in [-0.4, -0.2) is 26.7 Å². The molecule has 1 aromatic carbocycles. The Morgan fingerprint density at radius 2 is 2.04 bits per heavy atom. The van der Waals surface area contributed by atoms with Crippen molar-refractivity contribution in [2.24, 2.45) is 0 Å². The Morgan fingerprint density at radius 1 is 1.22 bits per heavy atom. The van der Waals surface area contributed by atoms with E-state index >= 15 is 0 Å². The van der Waals surface area contributed by atoms with E-state index in [0.717, 1.165) is 26.3 Å². The van der Waals surface area contributed by atoms with Crippen LogP contribution in [-0.2, 0) is 6.54 Å². The van der Waals surface area contributed by atoms with Crippen molar-refractivity contribution in [1.82, 2.24) is 19.9 Å². The summed E-state index contributed by atoms with van der Waals surface area (Å²) >= 11 is 2.29. The predicted molar refractivity (Wildman–Crippen MR) is 89.4 cm³/mol. The fraction of sp³-hybridized carbons (Fsp3) is 0.267. The Bertz CT molecular complexity index is 887. The van der Waals surface area contributed by atoms with Crippen molar-refractivity contribution in [2.45, 2.75) is 20.4 Å². The number of benzene rings is 1. The van der Waals surface area contributed by atoms with Gasteiger partial charge in [0.15, 0.2) is 11.5 Å². The molecule has 0 saturated heterocycles. The van der Waals surface area contributed by atoms with E-state index in [0.29, 0.717) is 24.0 Å². The smallest absolute Gasteiger partial charge is 0.248 e. The summed E-state index contributed by atoms with van der Waals surface area (Å²) in [5.74, 6) is 2.46. The van der Waals surface area contributed by atoms with Crippen molar-refractivity contribution in [3.05, 3.63) is 39.0 Å². The summed E-state index contributed by atoms with van der Waals surface area (Å²) in [6, 6.07) is 5.58. The van der Waals surface area contributed by atoms with E-state index in [1.54, 1.807) is 0 Å². The third-order valence-corrected chi connectivity index (χ3v) is 5.24. The molecular formula is C15H13IN4O3. The molecular weight excluding hydrogens is 411 g/mol. The summed E-state index contributed by atoms with van der Waals surface area (Å²) in [5, 5.41) is 8.52. The number of rotatable bonds is 3. The quantitative estimate of drug-likeness (QED) is 0.602. The highest BCUT2D eigenvalue weighted by molar-refractivity contribution is 14.1. The molecule has 7 nitrogen and oxygen atoms in total. The minimum Gasteiger partial charge on any atom is -0.454 e. The Hall–Kier alpha value is -2.10. The van der Waals surface area contributed by atoms with Gasteiger partial charge in [0.05, 0.1) is 9.26 Å². The first-order valence-corrected chi connectivity index (χ1v) is 8.12. The Labute approximate surface area is 145 Å². The normalized spacial score (nSPS) is 12.8. The van der Waals surface area contributed by atoms with Gasteiger partial charge in [0.2, 0.25) is 18.5 Å². The molecule has 0 atom stereocenters. The topological polar surface area (TPSA) is 75.2 Å². The average Bonchev–Trinajstić information content (AvgIpc) is 3.24. The molecule has 0 fully saturated rings. The molecule has 1 aliphatic rings. The van der Waals surface area contributed by atoms with Gasteiger partial charge in [0, 0.05) is 11.3 Å². The number of aryl methyl sites for hydroxylation is 1. The van der Waals surface area contributed by atoms with Gasteiger partial charge < -0.3 is 14.0 Å². The number of aromatic nitrogens is 4. The van der Waals surface area contributed by atoms with Gasteiger partial charge >= 0.3 is 0 Å². The summed E-state index contributed by atoms with van der Waals surface area (Å²) in [6.45, 7) is 4.70. The molecule has 0 aliphatic carbocycles. The van der Waals surface area contributed by atoms with Gasteiger partial charge in [0.25, 0.3) is 0 Å². The predicted octanol–water partition coefficient (Wildman–Crippen LogP) is 2.93. The molecule has 0 spiro atoms.